The fourth-order valence-electron chi connectivity index (χ4n) is 3.50. The van der Waals surface area contributed by atoms with E-state index in [0.717, 1.165) is 22.7 Å². The summed E-state index contributed by atoms with van der Waals surface area (Å²) in [5, 5.41) is 15.4. The van der Waals surface area contributed by atoms with Gasteiger partial charge in [0, 0.05) is 26.7 Å². The van der Waals surface area contributed by atoms with Crippen molar-refractivity contribution < 1.29 is 19.3 Å². The zero-order valence-electron chi connectivity index (χ0n) is 19.8. The maximum atomic E-state index is 10.6. The average Bonchev–Trinajstić information content (AvgIpc) is 3.13. The molecule has 2 aromatic carbocycles. The van der Waals surface area contributed by atoms with Crippen molar-refractivity contribution in [1.82, 2.24) is 14.7 Å². The summed E-state index contributed by atoms with van der Waals surface area (Å²) in [5.74, 6) is 2.06. The highest BCUT2D eigenvalue weighted by Gasteiger charge is 2.25. The molecule has 0 aliphatic carbocycles. The van der Waals surface area contributed by atoms with E-state index in [1.807, 2.05) is 66.2 Å². The van der Waals surface area contributed by atoms with Crippen LogP contribution in [0.5, 0.6) is 17.4 Å². The topological polar surface area (TPSA) is 69.0 Å². The highest BCUT2D eigenvalue weighted by molar-refractivity contribution is 5.44. The lowest BCUT2D eigenvalue weighted by atomic mass is 10.1. The van der Waals surface area contributed by atoms with Crippen molar-refractivity contribution in [3.8, 4) is 23.1 Å². The van der Waals surface area contributed by atoms with Gasteiger partial charge in [-0.25, -0.2) is 4.68 Å². The molecule has 0 spiro atoms. The Balaban J connectivity index is 2.01. The first-order valence-corrected chi connectivity index (χ1v) is 10.9. The fraction of sp³-hybridized carbons (Fsp3) is 0.346. The van der Waals surface area contributed by atoms with Crippen LogP contribution >= 0.6 is 0 Å². The molecule has 1 N–H and O–H groups in total. The second kappa shape index (κ2) is 11.1. The summed E-state index contributed by atoms with van der Waals surface area (Å²) in [6, 6.07) is 17.3. The van der Waals surface area contributed by atoms with Crippen molar-refractivity contribution in [2.45, 2.75) is 26.0 Å². The molecular formula is C26H33N3O4. The Morgan fingerprint density at radius 3 is 2.36 bits per heavy atom. The second-order valence-corrected chi connectivity index (χ2v) is 8.16. The maximum absolute atomic E-state index is 10.6. The van der Waals surface area contributed by atoms with E-state index in [0.29, 0.717) is 37.9 Å². The van der Waals surface area contributed by atoms with Gasteiger partial charge in [0.2, 0.25) is 5.88 Å². The summed E-state index contributed by atoms with van der Waals surface area (Å²) in [7, 11) is 3.30. The molecule has 1 unspecified atom stereocenters. The van der Waals surface area contributed by atoms with E-state index in [1.54, 1.807) is 27.2 Å². The van der Waals surface area contributed by atoms with Crippen molar-refractivity contribution in [3.63, 3.8) is 0 Å². The first-order chi connectivity index (χ1) is 15.9. The van der Waals surface area contributed by atoms with E-state index in [4.69, 9.17) is 19.3 Å². The van der Waals surface area contributed by atoms with Crippen LogP contribution in [0.4, 0.5) is 0 Å². The summed E-state index contributed by atoms with van der Waals surface area (Å²) in [6.45, 7) is 9.57. The van der Waals surface area contributed by atoms with Crippen LogP contribution in [0, 0.1) is 6.92 Å². The Hall–Kier alpha value is -3.13. The minimum Gasteiger partial charge on any atom is -0.497 e. The van der Waals surface area contributed by atoms with E-state index >= 15 is 0 Å². The van der Waals surface area contributed by atoms with Crippen molar-refractivity contribution in [1.29, 1.82) is 0 Å². The van der Waals surface area contributed by atoms with Gasteiger partial charge in [-0.15, -0.1) is 6.58 Å². The number of benzene rings is 2. The van der Waals surface area contributed by atoms with Crippen LogP contribution in [0.2, 0.25) is 0 Å². The van der Waals surface area contributed by atoms with Gasteiger partial charge in [-0.05, 0) is 50.2 Å². The summed E-state index contributed by atoms with van der Waals surface area (Å²) >= 11 is 0. The molecule has 0 aliphatic rings. The molecule has 3 rings (SSSR count). The SMILES string of the molecule is C=CC(C)(O)CN(CCOC)Cc1c(C)nn(-c2ccccc2)c1Oc1ccc(OC)cc1. The van der Waals surface area contributed by atoms with Gasteiger partial charge < -0.3 is 19.3 Å². The van der Waals surface area contributed by atoms with Crippen LogP contribution in [-0.4, -0.2) is 59.3 Å². The average molecular weight is 452 g/mol. The lowest BCUT2D eigenvalue weighted by Crippen LogP contribution is -2.40. The summed E-state index contributed by atoms with van der Waals surface area (Å²) in [6.07, 6.45) is 1.56. The lowest BCUT2D eigenvalue weighted by molar-refractivity contribution is 0.0462. The van der Waals surface area contributed by atoms with Crippen molar-refractivity contribution in [3.05, 3.63) is 78.5 Å². The fourth-order valence-corrected chi connectivity index (χ4v) is 3.50. The molecule has 1 aromatic heterocycles. The number of aromatic nitrogens is 2. The minimum atomic E-state index is -1.03. The van der Waals surface area contributed by atoms with Crippen molar-refractivity contribution >= 4 is 0 Å². The molecule has 0 bridgehead atoms. The van der Waals surface area contributed by atoms with Gasteiger partial charge in [0.1, 0.15) is 11.5 Å². The van der Waals surface area contributed by atoms with Gasteiger partial charge in [0.25, 0.3) is 0 Å². The van der Waals surface area contributed by atoms with Crippen LogP contribution in [0.25, 0.3) is 5.69 Å². The minimum absolute atomic E-state index is 0.401. The van der Waals surface area contributed by atoms with Gasteiger partial charge in [-0.1, -0.05) is 24.3 Å². The molecule has 7 nitrogen and oxygen atoms in total. The summed E-state index contributed by atoms with van der Waals surface area (Å²) in [4.78, 5) is 2.12. The first kappa shape index (κ1) is 24.5. The van der Waals surface area contributed by atoms with Crippen LogP contribution in [0.15, 0.2) is 67.3 Å². The van der Waals surface area contributed by atoms with E-state index in [9.17, 15) is 5.11 Å². The molecule has 1 heterocycles. The van der Waals surface area contributed by atoms with Crippen molar-refractivity contribution in [2.75, 3.05) is 33.9 Å². The molecule has 0 radical (unpaired) electrons. The number of aliphatic hydroxyl groups is 1. The van der Waals surface area contributed by atoms with Gasteiger partial charge >= 0.3 is 0 Å². The Bertz CT molecular complexity index is 1030. The Morgan fingerprint density at radius 1 is 1.09 bits per heavy atom. The van der Waals surface area contributed by atoms with Crippen molar-refractivity contribution in [2.24, 2.45) is 0 Å². The largest absolute Gasteiger partial charge is 0.497 e. The molecule has 7 heteroatoms. The lowest BCUT2D eigenvalue weighted by Gasteiger charge is -2.29. The Kier molecular flexibility index (Phi) is 8.27. The number of ether oxygens (including phenoxy) is 3. The molecule has 0 amide bonds. The van der Waals surface area contributed by atoms with E-state index in [-0.39, 0.29) is 0 Å². The summed E-state index contributed by atoms with van der Waals surface area (Å²) < 4.78 is 18.8. The van der Waals surface area contributed by atoms with Gasteiger partial charge in [0.05, 0.1) is 36.3 Å². The number of nitrogens with zero attached hydrogens (tertiary/aromatic N) is 3. The predicted octanol–water partition coefficient (Wildman–Crippen LogP) is 4.37. The van der Waals surface area contributed by atoms with Gasteiger partial charge in [-0.3, -0.25) is 4.90 Å². The van der Waals surface area contributed by atoms with Crippen LogP contribution in [0.1, 0.15) is 18.2 Å². The number of rotatable bonds is 12. The number of hydrogen-bond acceptors (Lipinski definition) is 6. The molecule has 1 atom stereocenters. The quantitative estimate of drug-likeness (QED) is 0.413. The standard InChI is InChI=1S/C26H33N3O4/c1-6-26(3,30)19-28(16-17-31-4)18-24-20(2)27-29(21-10-8-7-9-11-21)25(24)33-23-14-12-22(32-5)13-15-23/h6-15,30H,1,16-19H2,2-5H3. The predicted molar refractivity (Wildman–Crippen MR) is 129 cm³/mol. The van der Waals surface area contributed by atoms with Crippen LogP contribution < -0.4 is 9.47 Å². The number of aryl methyl sites for hydroxylation is 1. The third-order valence-corrected chi connectivity index (χ3v) is 5.39. The maximum Gasteiger partial charge on any atom is 0.227 e. The molecule has 0 fully saturated rings. The smallest absolute Gasteiger partial charge is 0.227 e. The normalized spacial score (nSPS) is 13.0. The number of hydrogen-bond donors (Lipinski definition) is 1. The zero-order chi connectivity index (χ0) is 23.8. The molecular weight excluding hydrogens is 418 g/mol. The summed E-state index contributed by atoms with van der Waals surface area (Å²) in [5.41, 5.74) is 1.65. The van der Waals surface area contributed by atoms with E-state index < -0.39 is 5.60 Å². The third-order valence-electron chi connectivity index (χ3n) is 5.39. The molecule has 176 valence electrons. The molecule has 3 aromatic rings. The van der Waals surface area contributed by atoms with Crippen LogP contribution in [0.3, 0.4) is 0 Å². The van der Waals surface area contributed by atoms with E-state index in [1.165, 1.54) is 0 Å². The highest BCUT2D eigenvalue weighted by Crippen LogP contribution is 2.32. The first-order valence-electron chi connectivity index (χ1n) is 10.9. The van der Waals surface area contributed by atoms with Gasteiger partial charge in [-0.2, -0.15) is 5.10 Å². The molecule has 0 aliphatic heterocycles. The Morgan fingerprint density at radius 2 is 1.76 bits per heavy atom. The van der Waals surface area contributed by atoms with E-state index in [2.05, 4.69) is 11.5 Å². The zero-order valence-corrected chi connectivity index (χ0v) is 19.8. The monoisotopic (exact) mass is 451 g/mol. The Labute approximate surface area is 195 Å². The number of methoxy groups -OCH3 is 2. The van der Waals surface area contributed by atoms with Crippen LogP contribution in [-0.2, 0) is 11.3 Å². The van der Waals surface area contributed by atoms with Gasteiger partial charge in [0.15, 0.2) is 0 Å². The third kappa shape index (κ3) is 6.44. The highest BCUT2D eigenvalue weighted by atomic mass is 16.5. The second-order valence-electron chi connectivity index (χ2n) is 8.16. The molecule has 0 saturated heterocycles. The molecule has 33 heavy (non-hydrogen) atoms. The number of para-hydroxylation sites is 1. The molecule has 0 saturated carbocycles.